The van der Waals surface area contributed by atoms with Crippen LogP contribution in [0.3, 0.4) is 0 Å². The molecular formula is C33H46F5NO2. The summed E-state index contributed by atoms with van der Waals surface area (Å²) in [6.07, 6.45) is 12.4. The summed E-state index contributed by atoms with van der Waals surface area (Å²) in [6, 6.07) is 3.82. The van der Waals surface area contributed by atoms with Crippen LogP contribution < -0.4 is 4.74 Å². The van der Waals surface area contributed by atoms with Gasteiger partial charge in [-0.3, -0.25) is 0 Å². The largest absolute Gasteiger partial charge is 0.490 e. The fourth-order valence-corrected chi connectivity index (χ4v) is 5.52. The van der Waals surface area contributed by atoms with Crippen LogP contribution in [0.4, 0.5) is 22.0 Å². The van der Waals surface area contributed by atoms with Crippen molar-refractivity contribution in [2.75, 3.05) is 19.8 Å². The molecule has 1 aliphatic rings. The van der Waals surface area contributed by atoms with E-state index in [1.54, 1.807) is 0 Å². The van der Waals surface area contributed by atoms with Crippen LogP contribution in [0.15, 0.2) is 18.2 Å². The van der Waals surface area contributed by atoms with E-state index in [1.807, 2.05) is 0 Å². The van der Waals surface area contributed by atoms with Crippen molar-refractivity contribution in [1.82, 2.24) is 4.98 Å². The lowest BCUT2D eigenvalue weighted by atomic mass is 9.78. The highest BCUT2D eigenvalue weighted by atomic mass is 19.3. The van der Waals surface area contributed by atoms with Gasteiger partial charge in [0.25, 0.3) is 5.92 Å². The second-order valence-electron chi connectivity index (χ2n) is 11.2. The molecule has 0 aliphatic heterocycles. The molecule has 3 nitrogen and oxygen atoms in total. The van der Waals surface area contributed by atoms with Crippen molar-refractivity contribution in [3.8, 4) is 17.0 Å². The predicted octanol–water partition coefficient (Wildman–Crippen LogP) is 10.3. The molecule has 1 heterocycles. The van der Waals surface area contributed by atoms with Gasteiger partial charge in [0.1, 0.15) is 0 Å². The number of aryl methyl sites for hydroxylation is 1. The molecule has 1 aromatic heterocycles. The summed E-state index contributed by atoms with van der Waals surface area (Å²) in [6.45, 7) is 5.88. The zero-order chi connectivity index (χ0) is 29.7. The van der Waals surface area contributed by atoms with Crippen LogP contribution in [0, 0.1) is 23.5 Å². The lowest BCUT2D eigenvalue weighted by Crippen LogP contribution is -2.33. The number of hydrogen-bond donors (Lipinski definition) is 0. The minimum absolute atomic E-state index is 0.0948. The zero-order valence-electron chi connectivity index (χ0n) is 24.7. The minimum Gasteiger partial charge on any atom is -0.490 e. The maximum Gasteiger partial charge on any atom is 0.280 e. The van der Waals surface area contributed by atoms with Gasteiger partial charge in [-0.1, -0.05) is 71.6 Å². The molecule has 1 aliphatic carbocycles. The Morgan fingerprint density at radius 1 is 0.805 bits per heavy atom. The zero-order valence-corrected chi connectivity index (χ0v) is 24.7. The van der Waals surface area contributed by atoms with E-state index in [0.717, 1.165) is 70.8 Å². The first-order chi connectivity index (χ1) is 19.8. The number of benzene rings is 1. The number of aromatic nitrogens is 1. The third-order valence-electron chi connectivity index (χ3n) is 7.98. The summed E-state index contributed by atoms with van der Waals surface area (Å²) < 4.78 is 86.6. The van der Waals surface area contributed by atoms with Gasteiger partial charge in [-0.05, 0) is 62.3 Å². The number of hydrogen-bond acceptors (Lipinski definition) is 3. The molecule has 3 rings (SSSR count). The molecule has 0 saturated heterocycles. The number of ether oxygens (including phenoxy) is 2. The van der Waals surface area contributed by atoms with Crippen LogP contribution in [-0.2, 0) is 17.1 Å². The lowest BCUT2D eigenvalue weighted by molar-refractivity contribution is -0.0825. The van der Waals surface area contributed by atoms with Gasteiger partial charge in [0.2, 0.25) is 11.8 Å². The summed E-state index contributed by atoms with van der Waals surface area (Å²) in [7, 11) is 0. The number of nitrogens with zero attached hydrogens (tertiary/aromatic N) is 1. The van der Waals surface area contributed by atoms with E-state index in [0.29, 0.717) is 13.0 Å². The molecule has 41 heavy (non-hydrogen) atoms. The molecule has 0 bridgehead atoms. The Kier molecular flexibility index (Phi) is 13.8. The molecule has 1 atom stereocenters. The van der Waals surface area contributed by atoms with Crippen LogP contribution in [0.2, 0.25) is 0 Å². The topological polar surface area (TPSA) is 31.4 Å². The molecule has 0 fully saturated rings. The van der Waals surface area contributed by atoms with Gasteiger partial charge in [0, 0.05) is 24.7 Å². The van der Waals surface area contributed by atoms with Crippen LogP contribution in [-0.4, -0.2) is 24.8 Å². The van der Waals surface area contributed by atoms with E-state index in [1.165, 1.54) is 24.6 Å². The SMILES string of the molecule is CCCCCCCCOc1ccc(-c2cc3c(c(F)n2)C(F)(F)C(CCCCCOCCCCC)CC3)c(F)c1F. The van der Waals surface area contributed by atoms with Crippen molar-refractivity contribution >= 4 is 0 Å². The van der Waals surface area contributed by atoms with Gasteiger partial charge in [0.15, 0.2) is 11.6 Å². The first-order valence-electron chi connectivity index (χ1n) is 15.6. The van der Waals surface area contributed by atoms with E-state index in [9.17, 15) is 8.78 Å². The van der Waals surface area contributed by atoms with Gasteiger partial charge in [-0.2, -0.15) is 8.78 Å². The molecule has 230 valence electrons. The van der Waals surface area contributed by atoms with E-state index in [-0.39, 0.29) is 48.4 Å². The lowest BCUT2D eigenvalue weighted by Gasteiger charge is -2.33. The maximum atomic E-state index is 15.4. The Balaban J connectivity index is 1.59. The van der Waals surface area contributed by atoms with Gasteiger partial charge >= 0.3 is 0 Å². The molecule has 8 heteroatoms. The summed E-state index contributed by atoms with van der Waals surface area (Å²) in [5.74, 6) is -8.33. The monoisotopic (exact) mass is 583 g/mol. The molecule has 1 aromatic carbocycles. The van der Waals surface area contributed by atoms with Crippen LogP contribution in [0.25, 0.3) is 11.3 Å². The first-order valence-corrected chi connectivity index (χ1v) is 15.6. The summed E-state index contributed by atoms with van der Waals surface area (Å²) in [5, 5.41) is 0. The van der Waals surface area contributed by atoms with Crippen molar-refractivity contribution in [3.05, 3.63) is 46.9 Å². The van der Waals surface area contributed by atoms with E-state index in [4.69, 9.17) is 9.47 Å². The molecule has 2 aromatic rings. The average molecular weight is 584 g/mol. The van der Waals surface area contributed by atoms with Crippen LogP contribution >= 0.6 is 0 Å². The smallest absolute Gasteiger partial charge is 0.280 e. The standard InChI is InChI=1S/C33H46F5NO2/c1-3-5-7-8-9-14-22-41-28-19-18-26(30(34)31(28)35)27-23-24-16-17-25(33(37,38)29(24)32(36)39-27)15-11-10-13-21-40-20-12-6-4-2/h18-19,23,25H,3-17,20-22H2,1-2H3. The van der Waals surface area contributed by atoms with Crippen molar-refractivity contribution < 1.29 is 31.4 Å². The highest BCUT2D eigenvalue weighted by Gasteiger charge is 2.47. The number of pyridine rings is 1. The van der Waals surface area contributed by atoms with Gasteiger partial charge in [-0.15, -0.1) is 0 Å². The van der Waals surface area contributed by atoms with Crippen molar-refractivity contribution in [1.29, 1.82) is 0 Å². The Labute approximate surface area is 242 Å². The number of unbranched alkanes of at least 4 members (excludes halogenated alkanes) is 9. The highest BCUT2D eigenvalue weighted by Crippen LogP contribution is 2.48. The highest BCUT2D eigenvalue weighted by molar-refractivity contribution is 5.63. The van der Waals surface area contributed by atoms with E-state index in [2.05, 4.69) is 18.8 Å². The third kappa shape index (κ3) is 9.39. The fraction of sp³-hybridized carbons (Fsp3) is 0.667. The Morgan fingerprint density at radius 3 is 2.20 bits per heavy atom. The molecule has 0 radical (unpaired) electrons. The number of rotatable bonds is 19. The molecular weight excluding hydrogens is 537 g/mol. The van der Waals surface area contributed by atoms with Crippen molar-refractivity contribution in [2.45, 2.75) is 116 Å². The predicted molar refractivity (Wildman–Crippen MR) is 153 cm³/mol. The number of halogens is 5. The van der Waals surface area contributed by atoms with Crippen molar-refractivity contribution in [2.24, 2.45) is 5.92 Å². The molecule has 0 N–H and O–H groups in total. The Hall–Kier alpha value is -2.22. The fourth-order valence-electron chi connectivity index (χ4n) is 5.52. The van der Waals surface area contributed by atoms with Crippen molar-refractivity contribution in [3.63, 3.8) is 0 Å². The summed E-state index contributed by atoms with van der Waals surface area (Å²) in [4.78, 5) is 3.67. The van der Waals surface area contributed by atoms with E-state index < -0.39 is 35.0 Å². The van der Waals surface area contributed by atoms with Gasteiger partial charge in [0.05, 0.1) is 17.9 Å². The quantitative estimate of drug-likeness (QED) is 0.0937. The number of fused-ring (bicyclic) bond motifs is 1. The van der Waals surface area contributed by atoms with Crippen LogP contribution in [0.1, 0.15) is 115 Å². The number of alkyl halides is 2. The van der Waals surface area contributed by atoms with Gasteiger partial charge in [-0.25, -0.2) is 18.2 Å². The van der Waals surface area contributed by atoms with Crippen LogP contribution in [0.5, 0.6) is 5.75 Å². The second kappa shape index (κ2) is 17.0. The minimum atomic E-state index is -3.38. The maximum absolute atomic E-state index is 15.4. The summed E-state index contributed by atoms with van der Waals surface area (Å²) >= 11 is 0. The second-order valence-corrected chi connectivity index (χ2v) is 11.2. The van der Waals surface area contributed by atoms with Gasteiger partial charge < -0.3 is 9.47 Å². The molecule has 0 saturated carbocycles. The summed E-state index contributed by atoms with van der Waals surface area (Å²) in [5.41, 5.74) is -1.10. The molecule has 1 unspecified atom stereocenters. The molecule has 0 amide bonds. The van der Waals surface area contributed by atoms with E-state index >= 15 is 13.2 Å². The average Bonchev–Trinajstić information content (AvgIpc) is 2.94. The normalized spacial score (nSPS) is 16.1. The first kappa shape index (κ1) is 33.3. The Morgan fingerprint density at radius 2 is 1.44 bits per heavy atom. The third-order valence-corrected chi connectivity index (χ3v) is 7.98. The molecule has 0 spiro atoms. The Bertz CT molecular complexity index is 1080.